The summed E-state index contributed by atoms with van der Waals surface area (Å²) < 4.78 is 25.4. The van der Waals surface area contributed by atoms with Gasteiger partial charge in [-0.2, -0.15) is 0 Å². The lowest BCUT2D eigenvalue weighted by Gasteiger charge is -2.29. The molecule has 0 aromatic heterocycles. The third-order valence-electron chi connectivity index (χ3n) is 2.01. The molecule has 0 aliphatic rings. The Kier molecular flexibility index (Phi) is 6.32. The fourth-order valence-electron chi connectivity index (χ4n) is 0.657. The van der Waals surface area contributed by atoms with Crippen LogP contribution in [0, 0.1) is 0 Å². The van der Waals surface area contributed by atoms with Crippen molar-refractivity contribution in [2.45, 2.75) is 26.2 Å². The quantitative estimate of drug-likeness (QED) is 0.566. The lowest BCUT2D eigenvalue weighted by molar-refractivity contribution is -0.889. The first-order valence-electron chi connectivity index (χ1n) is 3.97. The summed E-state index contributed by atoms with van der Waals surface area (Å²) >= 11 is 0. The first-order chi connectivity index (χ1) is 4.77. The van der Waals surface area contributed by atoms with Crippen LogP contribution in [0.1, 0.15) is 20.3 Å². The molecule has 0 spiro atoms. The summed E-state index contributed by atoms with van der Waals surface area (Å²) in [4.78, 5) is 0. The van der Waals surface area contributed by atoms with Crippen LogP contribution in [-0.2, 0) is 0 Å². The van der Waals surface area contributed by atoms with Crippen LogP contribution in [-0.4, -0.2) is 37.6 Å². The maximum absolute atomic E-state index is 12.4. The molecular formula is C8H18BrF2N. The van der Waals surface area contributed by atoms with Crippen LogP contribution in [0.2, 0.25) is 0 Å². The van der Waals surface area contributed by atoms with Gasteiger partial charge in [-0.15, -0.1) is 0 Å². The molecule has 0 aliphatic heterocycles. The molecule has 0 amide bonds. The van der Waals surface area contributed by atoms with Crippen molar-refractivity contribution >= 4 is 0 Å². The van der Waals surface area contributed by atoms with Gasteiger partial charge in [-0.3, -0.25) is 0 Å². The molecule has 0 saturated carbocycles. The van der Waals surface area contributed by atoms with E-state index in [4.69, 9.17) is 0 Å². The van der Waals surface area contributed by atoms with E-state index in [1.54, 1.807) is 0 Å². The van der Waals surface area contributed by atoms with Crippen molar-refractivity contribution in [1.29, 1.82) is 0 Å². The van der Waals surface area contributed by atoms with Crippen LogP contribution >= 0.6 is 0 Å². The third kappa shape index (κ3) is 8.40. The van der Waals surface area contributed by atoms with Gasteiger partial charge < -0.3 is 21.5 Å². The topological polar surface area (TPSA) is 0 Å². The van der Waals surface area contributed by atoms with E-state index in [0.717, 1.165) is 13.5 Å². The van der Waals surface area contributed by atoms with Crippen molar-refractivity contribution in [1.82, 2.24) is 0 Å². The van der Waals surface area contributed by atoms with Gasteiger partial charge in [0.2, 0.25) is 0 Å². The highest BCUT2D eigenvalue weighted by Gasteiger charge is 2.25. The number of hydrogen-bond acceptors (Lipinski definition) is 0. The molecule has 0 radical (unpaired) electrons. The minimum Gasteiger partial charge on any atom is -1.00 e. The Hall–Kier alpha value is 0.300. The molecule has 76 valence electrons. The highest BCUT2D eigenvalue weighted by atomic mass is 79.9. The first-order valence-corrected chi connectivity index (χ1v) is 3.97. The zero-order valence-electron chi connectivity index (χ0n) is 8.20. The summed E-state index contributed by atoms with van der Waals surface area (Å²) in [7, 11) is 3.93. The fraction of sp³-hybridized carbons (Fsp3) is 1.00. The molecule has 4 heteroatoms. The average Bonchev–Trinajstić information content (AvgIpc) is 1.83. The van der Waals surface area contributed by atoms with Gasteiger partial charge in [-0.25, -0.2) is 8.78 Å². The first kappa shape index (κ1) is 14.8. The average molecular weight is 246 g/mol. The molecule has 0 atom stereocenters. The van der Waals surface area contributed by atoms with Crippen LogP contribution in [0.5, 0.6) is 0 Å². The highest BCUT2D eigenvalue weighted by molar-refractivity contribution is 4.56. The van der Waals surface area contributed by atoms with Crippen LogP contribution in [0.4, 0.5) is 8.78 Å². The summed E-state index contributed by atoms with van der Waals surface area (Å²) in [5.74, 6) is -2.51. The lowest BCUT2D eigenvalue weighted by atomic mass is 10.2. The largest absolute Gasteiger partial charge is 1.00 e. The van der Waals surface area contributed by atoms with Gasteiger partial charge in [0.15, 0.2) is 0 Å². The summed E-state index contributed by atoms with van der Waals surface area (Å²) in [5.41, 5.74) is 0. The molecule has 0 heterocycles. The van der Waals surface area contributed by atoms with E-state index in [2.05, 4.69) is 0 Å². The Balaban J connectivity index is 0. The van der Waals surface area contributed by atoms with Crippen molar-refractivity contribution in [3.63, 3.8) is 0 Å². The standard InChI is InChI=1S/C8H18F2N.BrH/c1-5-11(3,4)7-6-8(2,9)10;/h5-7H2,1-4H3;1H/q+1;/p-1. The van der Waals surface area contributed by atoms with Crippen molar-refractivity contribution in [3.8, 4) is 0 Å². The van der Waals surface area contributed by atoms with Crippen LogP contribution in [0.25, 0.3) is 0 Å². The van der Waals surface area contributed by atoms with Crippen LogP contribution in [0.15, 0.2) is 0 Å². The van der Waals surface area contributed by atoms with Gasteiger partial charge in [-0.1, -0.05) is 0 Å². The molecule has 12 heavy (non-hydrogen) atoms. The predicted octanol–water partition coefficient (Wildman–Crippen LogP) is -0.868. The third-order valence-corrected chi connectivity index (χ3v) is 2.01. The molecule has 0 aromatic rings. The molecule has 0 bridgehead atoms. The van der Waals surface area contributed by atoms with Crippen molar-refractivity contribution < 1.29 is 30.2 Å². The Bertz CT molecular complexity index is 121. The SMILES string of the molecule is CC[N+](C)(C)CCC(C)(F)F.[Br-]. The summed E-state index contributed by atoms with van der Waals surface area (Å²) in [6, 6.07) is 0. The van der Waals surface area contributed by atoms with E-state index in [1.807, 2.05) is 21.0 Å². The predicted molar refractivity (Wildman–Crippen MR) is 42.8 cm³/mol. The zero-order valence-corrected chi connectivity index (χ0v) is 9.79. The number of hydrogen-bond donors (Lipinski definition) is 0. The number of nitrogens with zero attached hydrogens (tertiary/aromatic N) is 1. The fourth-order valence-corrected chi connectivity index (χ4v) is 0.657. The maximum Gasteiger partial charge on any atom is 0.250 e. The van der Waals surface area contributed by atoms with Crippen LogP contribution in [0.3, 0.4) is 0 Å². The van der Waals surface area contributed by atoms with Gasteiger partial charge in [0, 0.05) is 0 Å². The number of alkyl halides is 2. The summed E-state index contributed by atoms with van der Waals surface area (Å²) in [6.45, 7) is 4.42. The molecule has 0 unspecified atom stereocenters. The second-order valence-electron chi connectivity index (χ2n) is 3.80. The second-order valence-corrected chi connectivity index (χ2v) is 3.80. The van der Waals surface area contributed by atoms with E-state index in [-0.39, 0.29) is 23.4 Å². The van der Waals surface area contributed by atoms with Crippen LogP contribution < -0.4 is 17.0 Å². The van der Waals surface area contributed by atoms with E-state index < -0.39 is 5.92 Å². The van der Waals surface area contributed by atoms with Gasteiger partial charge >= 0.3 is 0 Å². The molecule has 0 aliphatic carbocycles. The Labute approximate surface area is 84.1 Å². The van der Waals surface area contributed by atoms with Gasteiger partial charge in [0.05, 0.1) is 33.6 Å². The molecule has 0 fully saturated rings. The summed E-state index contributed by atoms with van der Waals surface area (Å²) in [5, 5.41) is 0. The Morgan fingerprint density at radius 3 is 1.92 bits per heavy atom. The van der Waals surface area contributed by atoms with E-state index in [9.17, 15) is 8.78 Å². The Morgan fingerprint density at radius 2 is 1.67 bits per heavy atom. The Morgan fingerprint density at radius 1 is 1.25 bits per heavy atom. The molecule has 1 nitrogen and oxygen atoms in total. The highest BCUT2D eigenvalue weighted by Crippen LogP contribution is 2.17. The van der Waals surface area contributed by atoms with E-state index >= 15 is 0 Å². The maximum atomic E-state index is 12.4. The second kappa shape index (κ2) is 5.12. The minimum absolute atomic E-state index is 0. The van der Waals surface area contributed by atoms with Crippen molar-refractivity contribution in [2.75, 3.05) is 27.2 Å². The number of rotatable bonds is 4. The van der Waals surface area contributed by atoms with E-state index in [1.165, 1.54) is 0 Å². The zero-order chi connectivity index (χ0) is 9.12. The normalized spacial score (nSPS) is 12.5. The molecule has 0 saturated heterocycles. The summed E-state index contributed by atoms with van der Waals surface area (Å²) in [6.07, 6.45) is -0.0200. The number of quaternary nitrogens is 1. The molecule has 0 rings (SSSR count). The number of halogens is 3. The molecular weight excluding hydrogens is 228 g/mol. The monoisotopic (exact) mass is 245 g/mol. The van der Waals surface area contributed by atoms with Gasteiger partial charge in [-0.05, 0) is 13.8 Å². The molecule has 0 N–H and O–H groups in total. The minimum atomic E-state index is -2.51. The molecule has 0 aromatic carbocycles. The van der Waals surface area contributed by atoms with E-state index in [0.29, 0.717) is 11.0 Å². The van der Waals surface area contributed by atoms with Crippen molar-refractivity contribution in [2.24, 2.45) is 0 Å². The smallest absolute Gasteiger partial charge is 0.250 e. The van der Waals surface area contributed by atoms with Gasteiger partial charge in [0.1, 0.15) is 0 Å². The van der Waals surface area contributed by atoms with Crippen molar-refractivity contribution in [3.05, 3.63) is 0 Å². The lowest BCUT2D eigenvalue weighted by Crippen LogP contribution is -3.00. The van der Waals surface area contributed by atoms with Gasteiger partial charge in [0.25, 0.3) is 5.92 Å².